The largest absolute Gasteiger partial charge is 0.496 e. The summed E-state index contributed by atoms with van der Waals surface area (Å²) in [5.41, 5.74) is 2.98. The number of fused-ring (bicyclic) bond motifs is 1. The highest BCUT2D eigenvalue weighted by atomic mass is 127. The van der Waals surface area contributed by atoms with E-state index in [4.69, 9.17) is 4.74 Å². The lowest BCUT2D eigenvalue weighted by Gasteiger charge is -2.21. The molecule has 0 fully saturated rings. The van der Waals surface area contributed by atoms with E-state index in [1.807, 2.05) is 0 Å². The third kappa shape index (κ3) is 2.99. The number of hydrogen-bond donors (Lipinski definition) is 0. The van der Waals surface area contributed by atoms with Crippen LogP contribution in [0.1, 0.15) is 37.3 Å². The van der Waals surface area contributed by atoms with E-state index in [1.165, 1.54) is 40.8 Å². The summed E-state index contributed by atoms with van der Waals surface area (Å²) in [5, 5.41) is 0. The Hall–Kier alpha value is -0.290. The third-order valence-electron chi connectivity index (χ3n) is 3.71. The second-order valence-electron chi connectivity index (χ2n) is 5.14. The number of methoxy groups -OCH3 is 1. The lowest BCUT2D eigenvalue weighted by Crippen LogP contribution is -2.28. The SMILES string of the molecule is CCCN1CCc2cc(OC)c(I)cc2[C@H](C)C1. The molecule has 2 nitrogen and oxygen atoms in total. The van der Waals surface area contributed by atoms with Crippen LogP contribution in [0, 0.1) is 3.57 Å². The maximum atomic E-state index is 5.44. The van der Waals surface area contributed by atoms with Crippen molar-refractivity contribution in [1.29, 1.82) is 0 Å². The molecule has 0 spiro atoms. The predicted molar refractivity (Wildman–Crippen MR) is 84.6 cm³/mol. The zero-order chi connectivity index (χ0) is 13.1. The van der Waals surface area contributed by atoms with E-state index in [0.29, 0.717) is 5.92 Å². The number of nitrogens with zero attached hydrogens (tertiary/aromatic N) is 1. The summed E-state index contributed by atoms with van der Waals surface area (Å²) in [6, 6.07) is 4.55. The molecule has 0 unspecified atom stereocenters. The van der Waals surface area contributed by atoms with Crippen LogP contribution in [0.4, 0.5) is 0 Å². The van der Waals surface area contributed by atoms with Crippen LogP contribution in [0.3, 0.4) is 0 Å². The van der Waals surface area contributed by atoms with Gasteiger partial charge in [0, 0.05) is 13.1 Å². The third-order valence-corrected chi connectivity index (χ3v) is 4.56. The number of benzene rings is 1. The summed E-state index contributed by atoms with van der Waals surface area (Å²) in [5.74, 6) is 1.64. The van der Waals surface area contributed by atoms with Gasteiger partial charge in [-0.25, -0.2) is 0 Å². The van der Waals surface area contributed by atoms with E-state index in [0.717, 1.165) is 12.2 Å². The summed E-state index contributed by atoms with van der Waals surface area (Å²) in [6.45, 7) is 8.18. The first kappa shape index (κ1) is 14.1. The number of hydrogen-bond acceptors (Lipinski definition) is 2. The Morgan fingerprint density at radius 1 is 1.44 bits per heavy atom. The van der Waals surface area contributed by atoms with E-state index in [-0.39, 0.29) is 0 Å². The van der Waals surface area contributed by atoms with Gasteiger partial charge in [-0.3, -0.25) is 0 Å². The minimum atomic E-state index is 0.619. The van der Waals surface area contributed by atoms with E-state index in [9.17, 15) is 0 Å². The summed E-state index contributed by atoms with van der Waals surface area (Å²) in [7, 11) is 1.76. The van der Waals surface area contributed by atoms with Crippen molar-refractivity contribution in [2.24, 2.45) is 0 Å². The monoisotopic (exact) mass is 359 g/mol. The fourth-order valence-electron chi connectivity index (χ4n) is 2.82. The van der Waals surface area contributed by atoms with Gasteiger partial charge in [-0.2, -0.15) is 0 Å². The Bertz CT molecular complexity index is 419. The van der Waals surface area contributed by atoms with Gasteiger partial charge in [-0.05, 0) is 71.2 Å². The molecule has 1 heterocycles. The molecule has 1 atom stereocenters. The number of rotatable bonds is 3. The maximum Gasteiger partial charge on any atom is 0.132 e. The van der Waals surface area contributed by atoms with Gasteiger partial charge < -0.3 is 9.64 Å². The molecule has 0 N–H and O–H groups in total. The molecule has 1 aliphatic rings. The minimum Gasteiger partial charge on any atom is -0.496 e. The number of ether oxygens (including phenoxy) is 1. The first-order chi connectivity index (χ1) is 8.65. The number of halogens is 1. The highest BCUT2D eigenvalue weighted by molar-refractivity contribution is 14.1. The Labute approximate surface area is 124 Å². The molecular weight excluding hydrogens is 337 g/mol. The van der Waals surface area contributed by atoms with Gasteiger partial charge in [0.05, 0.1) is 10.7 Å². The van der Waals surface area contributed by atoms with Crippen LogP contribution in [-0.4, -0.2) is 31.6 Å². The smallest absolute Gasteiger partial charge is 0.132 e. The van der Waals surface area contributed by atoms with Gasteiger partial charge >= 0.3 is 0 Å². The topological polar surface area (TPSA) is 12.5 Å². The lowest BCUT2D eigenvalue weighted by atomic mass is 9.95. The molecule has 1 aromatic carbocycles. The summed E-state index contributed by atoms with van der Waals surface area (Å²) >= 11 is 2.37. The molecule has 1 aromatic rings. The Kier molecular flexibility index (Phi) is 4.90. The lowest BCUT2D eigenvalue weighted by molar-refractivity contribution is 0.273. The molecule has 100 valence electrons. The molecule has 0 bridgehead atoms. The molecule has 1 aliphatic heterocycles. The molecule has 0 saturated carbocycles. The average molecular weight is 359 g/mol. The van der Waals surface area contributed by atoms with E-state index >= 15 is 0 Å². The maximum absolute atomic E-state index is 5.44. The molecular formula is C15H22INO. The van der Waals surface area contributed by atoms with Gasteiger partial charge in [0.2, 0.25) is 0 Å². The molecule has 0 radical (unpaired) electrons. The van der Waals surface area contributed by atoms with Gasteiger partial charge in [0.1, 0.15) is 5.75 Å². The molecule has 0 aliphatic carbocycles. The van der Waals surface area contributed by atoms with E-state index in [1.54, 1.807) is 7.11 Å². The van der Waals surface area contributed by atoms with Crippen molar-refractivity contribution in [2.45, 2.75) is 32.6 Å². The second-order valence-corrected chi connectivity index (χ2v) is 6.30. The van der Waals surface area contributed by atoms with Crippen molar-refractivity contribution in [2.75, 3.05) is 26.7 Å². The van der Waals surface area contributed by atoms with Crippen LogP contribution in [-0.2, 0) is 6.42 Å². The van der Waals surface area contributed by atoms with Crippen LogP contribution in [0.25, 0.3) is 0 Å². The normalized spacial score (nSPS) is 20.3. The van der Waals surface area contributed by atoms with Crippen LogP contribution in [0.5, 0.6) is 5.75 Å². The standard InChI is InChI=1S/C15H22INO/c1-4-6-17-7-5-12-8-15(18-3)14(16)9-13(12)11(2)10-17/h8-9,11H,4-7,10H2,1-3H3/t11-/m1/s1. The Morgan fingerprint density at radius 2 is 2.22 bits per heavy atom. The highest BCUT2D eigenvalue weighted by Crippen LogP contribution is 2.32. The van der Waals surface area contributed by atoms with Gasteiger partial charge in [0.15, 0.2) is 0 Å². The molecule has 0 aromatic heterocycles. The fraction of sp³-hybridized carbons (Fsp3) is 0.600. The van der Waals surface area contributed by atoms with Crippen molar-refractivity contribution in [3.8, 4) is 5.75 Å². The Balaban J connectivity index is 2.29. The van der Waals surface area contributed by atoms with Crippen LogP contribution in [0.2, 0.25) is 0 Å². The van der Waals surface area contributed by atoms with Crippen molar-refractivity contribution in [3.05, 3.63) is 26.8 Å². The molecule has 0 saturated heterocycles. The zero-order valence-corrected chi connectivity index (χ0v) is 13.7. The predicted octanol–water partition coefficient (Wildman–Crippen LogP) is 3.67. The second kappa shape index (κ2) is 6.24. The van der Waals surface area contributed by atoms with Crippen molar-refractivity contribution >= 4 is 22.6 Å². The molecule has 18 heavy (non-hydrogen) atoms. The molecule has 0 amide bonds. The van der Waals surface area contributed by atoms with Gasteiger partial charge in [-0.15, -0.1) is 0 Å². The quantitative estimate of drug-likeness (QED) is 0.764. The van der Waals surface area contributed by atoms with Crippen LogP contribution >= 0.6 is 22.6 Å². The molecule has 3 heteroatoms. The van der Waals surface area contributed by atoms with Crippen molar-refractivity contribution < 1.29 is 4.74 Å². The minimum absolute atomic E-state index is 0.619. The first-order valence-corrected chi connectivity index (χ1v) is 7.82. The summed E-state index contributed by atoms with van der Waals surface area (Å²) < 4.78 is 6.67. The Morgan fingerprint density at radius 3 is 2.89 bits per heavy atom. The first-order valence-electron chi connectivity index (χ1n) is 6.74. The van der Waals surface area contributed by atoms with Crippen molar-refractivity contribution in [1.82, 2.24) is 4.90 Å². The zero-order valence-electron chi connectivity index (χ0n) is 11.5. The summed E-state index contributed by atoms with van der Waals surface area (Å²) in [6.07, 6.45) is 2.39. The average Bonchev–Trinajstić information content (AvgIpc) is 2.49. The fourth-order valence-corrected chi connectivity index (χ4v) is 3.53. The molecule has 2 rings (SSSR count). The van der Waals surface area contributed by atoms with Crippen LogP contribution in [0.15, 0.2) is 12.1 Å². The van der Waals surface area contributed by atoms with E-state index < -0.39 is 0 Å². The van der Waals surface area contributed by atoms with Gasteiger partial charge in [-0.1, -0.05) is 13.8 Å². The van der Waals surface area contributed by atoms with Gasteiger partial charge in [0.25, 0.3) is 0 Å². The van der Waals surface area contributed by atoms with Crippen molar-refractivity contribution in [3.63, 3.8) is 0 Å². The summed E-state index contributed by atoms with van der Waals surface area (Å²) in [4.78, 5) is 2.59. The highest BCUT2D eigenvalue weighted by Gasteiger charge is 2.21. The van der Waals surface area contributed by atoms with Crippen LogP contribution < -0.4 is 4.74 Å². The van der Waals surface area contributed by atoms with E-state index in [2.05, 4.69) is 53.5 Å².